The quantitative estimate of drug-likeness (QED) is 0.921. The number of nitrogens with one attached hydrogen (secondary N) is 1. The smallest absolute Gasteiger partial charge is 0.162 e. The minimum absolute atomic E-state index is 0.137. The lowest BCUT2D eigenvalue weighted by molar-refractivity contribution is -0.0119. The maximum Gasteiger partial charge on any atom is 0.162 e. The highest BCUT2D eigenvalue weighted by atomic mass is 35.5. The predicted octanol–water partition coefficient (Wildman–Crippen LogP) is 2.73. The molecule has 0 unspecified atom stereocenters. The average Bonchev–Trinajstić information content (AvgIpc) is 3.16. The minimum atomic E-state index is 0.137. The summed E-state index contributed by atoms with van der Waals surface area (Å²) in [6.07, 6.45) is 4.62. The molecule has 2 aliphatic heterocycles. The van der Waals surface area contributed by atoms with Gasteiger partial charge in [-0.25, -0.2) is 0 Å². The zero-order chi connectivity index (χ0) is 14.7. The third kappa shape index (κ3) is 3.02. The highest BCUT2D eigenvalue weighted by molar-refractivity contribution is 7.10. The summed E-state index contributed by atoms with van der Waals surface area (Å²) in [6, 6.07) is 2.13. The van der Waals surface area contributed by atoms with Gasteiger partial charge in [0.15, 0.2) is 5.15 Å². The summed E-state index contributed by atoms with van der Waals surface area (Å²) < 4.78 is 9.60. The molecule has 3 heterocycles. The monoisotopic (exact) mass is 326 g/mol. The van der Waals surface area contributed by atoms with Gasteiger partial charge in [0.25, 0.3) is 0 Å². The number of ether oxygens (including phenoxy) is 1. The molecule has 0 aromatic carbocycles. The van der Waals surface area contributed by atoms with Crippen LogP contribution in [0.5, 0.6) is 0 Å². The normalized spacial score (nSPS) is 22.1. The Morgan fingerprint density at radius 1 is 1.38 bits per heavy atom. The molecule has 7 heteroatoms. The van der Waals surface area contributed by atoms with Gasteiger partial charge in [0.2, 0.25) is 0 Å². The van der Waals surface area contributed by atoms with Gasteiger partial charge in [-0.15, -0.1) is 0 Å². The second-order valence-electron chi connectivity index (χ2n) is 5.67. The maximum atomic E-state index is 9.16. The summed E-state index contributed by atoms with van der Waals surface area (Å²) in [5.74, 6) is 0. The molecule has 3 rings (SSSR count). The van der Waals surface area contributed by atoms with Crippen molar-refractivity contribution in [1.82, 2.24) is 9.27 Å². The van der Waals surface area contributed by atoms with Crippen molar-refractivity contribution in [1.29, 1.82) is 5.26 Å². The Labute approximate surface area is 134 Å². The van der Waals surface area contributed by atoms with Crippen molar-refractivity contribution in [2.75, 3.05) is 38.2 Å². The molecule has 0 saturated carbocycles. The molecule has 0 radical (unpaired) electrons. The lowest BCUT2D eigenvalue weighted by Gasteiger charge is -2.44. The molecule has 2 fully saturated rings. The van der Waals surface area contributed by atoms with Crippen molar-refractivity contribution in [3.05, 3.63) is 10.7 Å². The molecule has 0 spiro atoms. The second-order valence-corrected chi connectivity index (χ2v) is 6.81. The summed E-state index contributed by atoms with van der Waals surface area (Å²) in [5, 5.41) is 13.7. The minimum Gasteiger partial charge on any atom is -0.381 e. The predicted molar refractivity (Wildman–Crippen MR) is 83.9 cm³/mol. The first kappa shape index (κ1) is 15.0. The van der Waals surface area contributed by atoms with Gasteiger partial charge in [-0.1, -0.05) is 11.6 Å². The summed E-state index contributed by atoms with van der Waals surface area (Å²) in [6.45, 7) is 4.77. The van der Waals surface area contributed by atoms with E-state index in [4.69, 9.17) is 21.6 Å². The molecule has 21 heavy (non-hydrogen) atoms. The van der Waals surface area contributed by atoms with Crippen molar-refractivity contribution in [3.8, 4) is 6.07 Å². The van der Waals surface area contributed by atoms with Crippen LogP contribution in [0.2, 0.25) is 5.15 Å². The number of halogens is 1. The molecule has 0 amide bonds. The Bertz CT molecular complexity index is 530. The van der Waals surface area contributed by atoms with Crippen molar-refractivity contribution in [3.63, 3.8) is 0 Å². The third-order valence-corrected chi connectivity index (χ3v) is 5.72. The molecule has 2 saturated heterocycles. The fourth-order valence-corrected chi connectivity index (χ4v) is 4.21. The molecular weight excluding hydrogens is 308 g/mol. The van der Waals surface area contributed by atoms with E-state index in [9.17, 15) is 0 Å². The van der Waals surface area contributed by atoms with Crippen molar-refractivity contribution in [2.45, 2.75) is 31.2 Å². The number of nitriles is 1. The van der Waals surface area contributed by atoms with Gasteiger partial charge in [-0.05, 0) is 50.3 Å². The lowest BCUT2D eigenvalue weighted by atomic mass is 9.88. The zero-order valence-electron chi connectivity index (χ0n) is 11.9. The number of aromatic nitrogens is 1. The summed E-state index contributed by atoms with van der Waals surface area (Å²) in [5.41, 5.74) is 0.600. The first-order valence-electron chi connectivity index (χ1n) is 7.37. The van der Waals surface area contributed by atoms with E-state index in [0.717, 1.165) is 50.7 Å². The average molecular weight is 327 g/mol. The van der Waals surface area contributed by atoms with E-state index in [1.54, 1.807) is 0 Å². The highest BCUT2D eigenvalue weighted by Crippen LogP contribution is 2.33. The van der Waals surface area contributed by atoms with E-state index in [0.29, 0.717) is 10.7 Å². The number of anilines is 1. The van der Waals surface area contributed by atoms with Gasteiger partial charge in [0.05, 0.1) is 0 Å². The number of rotatable bonds is 4. The van der Waals surface area contributed by atoms with Crippen molar-refractivity contribution in [2.24, 2.45) is 0 Å². The number of hydrogen-bond donors (Lipinski definition) is 1. The van der Waals surface area contributed by atoms with Gasteiger partial charge in [0.1, 0.15) is 16.6 Å². The first-order valence-corrected chi connectivity index (χ1v) is 8.52. The third-order valence-electron chi connectivity index (χ3n) is 4.54. The molecular formula is C14H19ClN4OS. The molecule has 0 aliphatic carbocycles. The van der Waals surface area contributed by atoms with E-state index in [-0.39, 0.29) is 5.54 Å². The molecule has 1 aromatic heterocycles. The van der Waals surface area contributed by atoms with E-state index in [2.05, 4.69) is 20.7 Å². The highest BCUT2D eigenvalue weighted by Gasteiger charge is 2.39. The van der Waals surface area contributed by atoms with Crippen LogP contribution in [-0.4, -0.2) is 47.7 Å². The van der Waals surface area contributed by atoms with Crippen molar-refractivity contribution < 1.29 is 4.74 Å². The van der Waals surface area contributed by atoms with Crippen LogP contribution in [0.25, 0.3) is 0 Å². The van der Waals surface area contributed by atoms with Gasteiger partial charge in [-0.3, -0.25) is 4.90 Å². The van der Waals surface area contributed by atoms with E-state index >= 15 is 0 Å². The maximum absolute atomic E-state index is 9.16. The van der Waals surface area contributed by atoms with Crippen LogP contribution >= 0.6 is 23.1 Å². The molecule has 5 nitrogen and oxygen atoms in total. The largest absolute Gasteiger partial charge is 0.381 e. The number of hydrogen-bond acceptors (Lipinski definition) is 6. The zero-order valence-corrected chi connectivity index (χ0v) is 13.5. The number of nitrogens with zero attached hydrogens (tertiary/aromatic N) is 3. The number of likely N-dealkylation sites (tertiary alicyclic amines) is 1. The summed E-state index contributed by atoms with van der Waals surface area (Å²) in [4.78, 5) is 2.59. The van der Waals surface area contributed by atoms with Crippen LogP contribution in [0.4, 0.5) is 5.00 Å². The van der Waals surface area contributed by atoms with Crippen LogP contribution in [0.15, 0.2) is 0 Å². The molecule has 2 aliphatic rings. The van der Waals surface area contributed by atoms with Crippen LogP contribution in [-0.2, 0) is 4.74 Å². The second kappa shape index (κ2) is 6.49. The van der Waals surface area contributed by atoms with Gasteiger partial charge >= 0.3 is 0 Å². The van der Waals surface area contributed by atoms with Crippen LogP contribution < -0.4 is 5.32 Å². The summed E-state index contributed by atoms with van der Waals surface area (Å²) >= 11 is 7.20. The molecule has 1 N–H and O–H groups in total. The fourth-order valence-electron chi connectivity index (χ4n) is 3.28. The molecule has 0 bridgehead atoms. The Balaban J connectivity index is 1.74. The van der Waals surface area contributed by atoms with Gasteiger partial charge in [0, 0.05) is 25.3 Å². The SMILES string of the molecule is N#Cc1c(Cl)nsc1NCC1(N2CCCC2)CCOCC1. The Morgan fingerprint density at radius 2 is 2.10 bits per heavy atom. The Morgan fingerprint density at radius 3 is 2.76 bits per heavy atom. The first-order chi connectivity index (χ1) is 10.2. The topological polar surface area (TPSA) is 61.2 Å². The molecule has 1 aromatic rings. The Kier molecular flexibility index (Phi) is 4.65. The van der Waals surface area contributed by atoms with Crippen LogP contribution in [0, 0.1) is 11.3 Å². The van der Waals surface area contributed by atoms with Gasteiger partial charge in [-0.2, -0.15) is 9.64 Å². The fraction of sp³-hybridized carbons (Fsp3) is 0.714. The molecule has 0 atom stereocenters. The van der Waals surface area contributed by atoms with Crippen LogP contribution in [0.3, 0.4) is 0 Å². The summed E-state index contributed by atoms with van der Waals surface area (Å²) in [7, 11) is 0. The van der Waals surface area contributed by atoms with Gasteiger partial charge < -0.3 is 10.1 Å². The van der Waals surface area contributed by atoms with E-state index < -0.39 is 0 Å². The lowest BCUT2D eigenvalue weighted by Crippen LogP contribution is -2.55. The standard InChI is InChI=1S/C14H19ClN4OS/c15-12-11(9-16)13(21-18-12)17-10-14(3-7-20-8-4-14)19-5-1-2-6-19/h17H,1-8,10H2. The van der Waals surface area contributed by atoms with Crippen molar-refractivity contribution >= 4 is 28.1 Å². The molecule has 114 valence electrons. The van der Waals surface area contributed by atoms with E-state index in [1.165, 1.54) is 24.4 Å². The van der Waals surface area contributed by atoms with E-state index in [1.807, 2.05) is 0 Å². The Hall–Kier alpha value is -0.870. The van der Waals surface area contributed by atoms with Crippen LogP contribution in [0.1, 0.15) is 31.2 Å².